The topological polar surface area (TPSA) is 85.4 Å². The van der Waals surface area contributed by atoms with E-state index in [1.54, 1.807) is 0 Å². The van der Waals surface area contributed by atoms with Crippen molar-refractivity contribution in [3.63, 3.8) is 0 Å². The molecule has 0 saturated carbocycles. The summed E-state index contributed by atoms with van der Waals surface area (Å²) in [7, 11) is 0. The molecule has 0 unspecified atom stereocenters. The van der Waals surface area contributed by atoms with Crippen LogP contribution in [0.5, 0.6) is 11.5 Å². The van der Waals surface area contributed by atoms with E-state index in [4.69, 9.17) is 9.47 Å². The fraction of sp³-hybridized carbons (Fsp3) is 0.389. The van der Waals surface area contributed by atoms with Gasteiger partial charge in [-0.2, -0.15) is 0 Å². The number of fused-ring (bicyclic) bond motifs is 1. The summed E-state index contributed by atoms with van der Waals surface area (Å²) in [5.41, 5.74) is 1.24. The van der Waals surface area contributed by atoms with E-state index < -0.39 is 0 Å². The molecule has 0 spiro atoms. The Morgan fingerprint density at radius 3 is 2.64 bits per heavy atom. The van der Waals surface area contributed by atoms with Crippen LogP contribution in [0.3, 0.4) is 0 Å². The van der Waals surface area contributed by atoms with Crippen molar-refractivity contribution in [2.24, 2.45) is 0 Å². The predicted molar refractivity (Wildman–Crippen MR) is 94.6 cm³/mol. The molecule has 2 N–H and O–H groups in total. The fourth-order valence-electron chi connectivity index (χ4n) is 2.44. The number of nitrogens with zero attached hydrogens (tertiary/aromatic N) is 2. The van der Waals surface area contributed by atoms with Gasteiger partial charge in [0.25, 0.3) is 5.91 Å². The summed E-state index contributed by atoms with van der Waals surface area (Å²) in [5.74, 6) is 1.69. The van der Waals surface area contributed by atoms with Gasteiger partial charge in [-0.05, 0) is 18.6 Å². The molecule has 1 aromatic heterocycles. The molecule has 0 radical (unpaired) electrons. The first-order valence-electron chi connectivity index (χ1n) is 8.53. The lowest BCUT2D eigenvalue weighted by Gasteiger charge is -2.18. The lowest BCUT2D eigenvalue weighted by atomic mass is 10.2. The number of hydrogen-bond acceptors (Lipinski definition) is 6. The minimum absolute atomic E-state index is 0.151. The van der Waals surface area contributed by atoms with Crippen LogP contribution in [0, 0.1) is 0 Å². The van der Waals surface area contributed by atoms with Crippen LogP contribution in [0.2, 0.25) is 0 Å². The van der Waals surface area contributed by atoms with Crippen LogP contribution < -0.4 is 20.1 Å². The first-order valence-corrected chi connectivity index (χ1v) is 8.53. The predicted octanol–water partition coefficient (Wildman–Crippen LogP) is 2.91. The van der Waals surface area contributed by atoms with Crippen LogP contribution in [0.15, 0.2) is 30.6 Å². The third kappa shape index (κ3) is 4.59. The zero-order valence-corrected chi connectivity index (χ0v) is 14.2. The molecule has 1 aromatic carbocycles. The van der Waals surface area contributed by atoms with E-state index in [9.17, 15) is 4.79 Å². The summed E-state index contributed by atoms with van der Waals surface area (Å²) in [4.78, 5) is 20.4. The van der Waals surface area contributed by atoms with Gasteiger partial charge in [-0.15, -0.1) is 0 Å². The van der Waals surface area contributed by atoms with Crippen LogP contribution in [-0.2, 0) is 0 Å². The van der Waals surface area contributed by atoms with Gasteiger partial charge in [-0.1, -0.05) is 19.8 Å². The van der Waals surface area contributed by atoms with Crippen LogP contribution in [0.1, 0.15) is 36.5 Å². The van der Waals surface area contributed by atoms with Crippen molar-refractivity contribution >= 4 is 17.5 Å². The van der Waals surface area contributed by atoms with E-state index in [0.717, 1.165) is 30.7 Å². The molecule has 7 nitrogen and oxygen atoms in total. The molecule has 25 heavy (non-hydrogen) atoms. The lowest BCUT2D eigenvalue weighted by molar-refractivity contribution is 0.0952. The van der Waals surface area contributed by atoms with Gasteiger partial charge in [0, 0.05) is 30.7 Å². The highest BCUT2D eigenvalue weighted by atomic mass is 16.6. The van der Waals surface area contributed by atoms with Gasteiger partial charge in [0.1, 0.15) is 13.2 Å². The molecule has 1 aliphatic rings. The molecule has 2 aromatic rings. The maximum atomic E-state index is 12.0. The largest absolute Gasteiger partial charge is 0.486 e. The van der Waals surface area contributed by atoms with Crippen molar-refractivity contribution in [1.82, 2.24) is 15.3 Å². The second kappa shape index (κ2) is 8.32. The normalized spacial score (nSPS) is 12.5. The molecule has 132 valence electrons. The number of aromatic nitrogens is 2. The molecule has 0 saturated heterocycles. The van der Waals surface area contributed by atoms with Gasteiger partial charge in [0.2, 0.25) is 5.95 Å². The van der Waals surface area contributed by atoms with Crippen molar-refractivity contribution in [3.8, 4) is 11.5 Å². The maximum Gasteiger partial charge on any atom is 0.254 e. The second-order valence-corrected chi connectivity index (χ2v) is 5.74. The Morgan fingerprint density at radius 2 is 1.88 bits per heavy atom. The summed E-state index contributed by atoms with van der Waals surface area (Å²) in [6, 6.07) is 5.55. The lowest BCUT2D eigenvalue weighted by Crippen LogP contribution is -2.24. The van der Waals surface area contributed by atoms with Gasteiger partial charge in [0.15, 0.2) is 11.5 Å². The Morgan fingerprint density at radius 1 is 1.12 bits per heavy atom. The van der Waals surface area contributed by atoms with Gasteiger partial charge < -0.3 is 20.1 Å². The summed E-state index contributed by atoms with van der Waals surface area (Å²) in [6.07, 6.45) is 6.24. The fourth-order valence-corrected chi connectivity index (χ4v) is 2.44. The average molecular weight is 342 g/mol. The Bertz CT molecular complexity index is 719. The smallest absolute Gasteiger partial charge is 0.254 e. The van der Waals surface area contributed by atoms with E-state index in [0.29, 0.717) is 37.0 Å². The number of nitrogens with one attached hydrogen (secondary N) is 2. The van der Waals surface area contributed by atoms with Crippen molar-refractivity contribution in [2.75, 3.05) is 25.1 Å². The van der Waals surface area contributed by atoms with Gasteiger partial charge in [-0.3, -0.25) is 4.79 Å². The minimum atomic E-state index is -0.151. The van der Waals surface area contributed by atoms with E-state index in [-0.39, 0.29) is 5.91 Å². The van der Waals surface area contributed by atoms with Crippen molar-refractivity contribution < 1.29 is 14.3 Å². The molecular formula is C18H22N4O3. The number of unbranched alkanes of at least 4 members (excludes halogenated alkanes) is 2. The summed E-state index contributed by atoms with van der Waals surface area (Å²) in [5, 5.41) is 5.96. The average Bonchev–Trinajstić information content (AvgIpc) is 2.65. The van der Waals surface area contributed by atoms with Gasteiger partial charge in [0.05, 0.1) is 5.56 Å². The minimum Gasteiger partial charge on any atom is -0.486 e. The number of hydrogen-bond donors (Lipinski definition) is 2. The molecule has 7 heteroatoms. The second-order valence-electron chi connectivity index (χ2n) is 5.74. The van der Waals surface area contributed by atoms with E-state index >= 15 is 0 Å². The van der Waals surface area contributed by atoms with Gasteiger partial charge >= 0.3 is 0 Å². The quantitative estimate of drug-likeness (QED) is 0.753. The molecule has 3 rings (SSSR count). The third-order valence-corrected chi connectivity index (χ3v) is 3.78. The maximum absolute atomic E-state index is 12.0. The van der Waals surface area contributed by atoms with Crippen molar-refractivity contribution in [3.05, 3.63) is 36.2 Å². The van der Waals surface area contributed by atoms with Crippen LogP contribution in [-0.4, -0.2) is 35.6 Å². The monoisotopic (exact) mass is 342 g/mol. The molecule has 1 aliphatic heterocycles. The molecule has 0 fully saturated rings. The zero-order chi connectivity index (χ0) is 17.5. The third-order valence-electron chi connectivity index (χ3n) is 3.78. The first-order chi connectivity index (χ1) is 12.3. The number of anilines is 2. The van der Waals surface area contributed by atoms with Crippen molar-refractivity contribution in [2.45, 2.75) is 26.2 Å². The van der Waals surface area contributed by atoms with Crippen molar-refractivity contribution in [1.29, 1.82) is 0 Å². The molecule has 0 atom stereocenters. The Hall–Kier alpha value is -2.83. The highest BCUT2D eigenvalue weighted by Crippen LogP contribution is 2.33. The highest BCUT2D eigenvalue weighted by Gasteiger charge is 2.12. The Balaban J connectivity index is 1.58. The zero-order valence-electron chi connectivity index (χ0n) is 14.2. The Labute approximate surface area is 146 Å². The first kappa shape index (κ1) is 17.0. The van der Waals surface area contributed by atoms with E-state index in [2.05, 4.69) is 27.5 Å². The van der Waals surface area contributed by atoms with E-state index in [1.165, 1.54) is 12.4 Å². The number of carbonyl (C=O) groups is 1. The molecular weight excluding hydrogens is 320 g/mol. The van der Waals surface area contributed by atoms with Crippen LogP contribution >= 0.6 is 0 Å². The molecule has 0 bridgehead atoms. The number of carbonyl (C=O) groups excluding carboxylic acids is 1. The molecule has 0 aliphatic carbocycles. The molecule has 2 heterocycles. The molecule has 1 amide bonds. The van der Waals surface area contributed by atoms with Crippen LogP contribution in [0.25, 0.3) is 0 Å². The number of ether oxygens (including phenoxy) is 2. The number of benzene rings is 1. The SMILES string of the molecule is CCCCCNC(=O)c1cnc(Nc2ccc3c(c2)OCCO3)nc1. The standard InChI is InChI=1S/C18H22N4O3/c1-2-3-4-7-19-17(23)13-11-20-18(21-12-13)22-14-5-6-15-16(10-14)25-9-8-24-15/h5-6,10-12H,2-4,7-9H2,1H3,(H,19,23)(H,20,21,22). The highest BCUT2D eigenvalue weighted by molar-refractivity contribution is 5.93. The number of rotatable bonds is 7. The summed E-state index contributed by atoms with van der Waals surface area (Å²) < 4.78 is 11.0. The summed E-state index contributed by atoms with van der Waals surface area (Å²) in [6.45, 7) is 3.90. The number of amides is 1. The van der Waals surface area contributed by atoms with Gasteiger partial charge in [-0.25, -0.2) is 9.97 Å². The Kier molecular flexibility index (Phi) is 5.66. The van der Waals surface area contributed by atoms with E-state index in [1.807, 2.05) is 18.2 Å². The van der Waals surface area contributed by atoms with Crippen LogP contribution in [0.4, 0.5) is 11.6 Å². The summed E-state index contributed by atoms with van der Waals surface area (Å²) >= 11 is 0.